The molecule has 4 rings (SSSR count). The van der Waals surface area contributed by atoms with Gasteiger partial charge in [-0.3, -0.25) is 4.79 Å². The molecule has 2 fully saturated rings. The van der Waals surface area contributed by atoms with Gasteiger partial charge in [0.2, 0.25) is 5.91 Å². The number of halogens is 2. The molecule has 0 unspecified atom stereocenters. The van der Waals surface area contributed by atoms with Crippen LogP contribution in [0.3, 0.4) is 0 Å². The first-order valence-corrected chi connectivity index (χ1v) is 13.2. The number of carbonyl (C=O) groups excluding carboxylic acids is 1. The third kappa shape index (κ3) is 4.30. The molecule has 32 heavy (non-hydrogen) atoms. The van der Waals surface area contributed by atoms with Crippen LogP contribution in [0.25, 0.3) is 0 Å². The van der Waals surface area contributed by atoms with Gasteiger partial charge in [-0.15, -0.1) is 0 Å². The lowest BCUT2D eigenvalue weighted by Gasteiger charge is -2.39. The molecule has 8 heteroatoms. The largest absolute Gasteiger partial charge is 0.381 e. The van der Waals surface area contributed by atoms with Crippen molar-refractivity contribution in [2.24, 2.45) is 0 Å². The van der Waals surface area contributed by atoms with E-state index < -0.39 is 20.5 Å². The van der Waals surface area contributed by atoms with Gasteiger partial charge in [-0.05, 0) is 67.6 Å². The van der Waals surface area contributed by atoms with Crippen LogP contribution >= 0.6 is 23.2 Å². The fourth-order valence-electron chi connectivity index (χ4n) is 4.95. The van der Waals surface area contributed by atoms with Gasteiger partial charge in [0.25, 0.3) is 0 Å². The normalized spacial score (nSPS) is 20.1. The average molecular weight is 496 g/mol. The Morgan fingerprint density at radius 1 is 0.875 bits per heavy atom. The maximum atomic E-state index is 13.6. The van der Waals surface area contributed by atoms with Crippen LogP contribution in [0.5, 0.6) is 0 Å². The Hall–Kier alpha value is -1.60. The number of amides is 1. The molecule has 2 aliphatic rings. The molecule has 1 N–H and O–H groups in total. The van der Waals surface area contributed by atoms with Crippen molar-refractivity contribution in [2.75, 3.05) is 19.8 Å². The summed E-state index contributed by atoms with van der Waals surface area (Å²) in [5, 5.41) is 4.15. The molecule has 5 nitrogen and oxygen atoms in total. The maximum Gasteiger partial charge on any atom is 0.241 e. The highest BCUT2D eigenvalue weighted by Crippen LogP contribution is 2.42. The second-order valence-corrected chi connectivity index (χ2v) is 11.9. The van der Waals surface area contributed by atoms with Gasteiger partial charge in [0.1, 0.15) is 0 Å². The maximum absolute atomic E-state index is 13.6. The molecule has 1 aliphatic heterocycles. The molecule has 1 saturated carbocycles. The van der Waals surface area contributed by atoms with Gasteiger partial charge in [-0.1, -0.05) is 48.2 Å². The molecule has 0 aromatic heterocycles. The van der Waals surface area contributed by atoms with E-state index in [0.29, 0.717) is 55.5 Å². The van der Waals surface area contributed by atoms with Crippen LogP contribution in [-0.2, 0) is 24.8 Å². The molecule has 172 valence electrons. The van der Waals surface area contributed by atoms with Crippen LogP contribution in [0.2, 0.25) is 10.0 Å². The summed E-state index contributed by atoms with van der Waals surface area (Å²) in [7, 11) is -3.87. The zero-order valence-electron chi connectivity index (χ0n) is 17.8. The first kappa shape index (κ1) is 23.6. The summed E-state index contributed by atoms with van der Waals surface area (Å²) in [5.41, 5.74) is 0.758. The lowest BCUT2D eigenvalue weighted by molar-refractivity contribution is -0.124. The summed E-state index contributed by atoms with van der Waals surface area (Å²) >= 11 is 12.0. The number of hydrogen-bond donors (Lipinski definition) is 1. The molecule has 0 atom stereocenters. The van der Waals surface area contributed by atoms with Gasteiger partial charge in [0, 0.05) is 35.2 Å². The highest BCUT2D eigenvalue weighted by molar-refractivity contribution is 7.93. The Kier molecular flexibility index (Phi) is 6.87. The van der Waals surface area contributed by atoms with Crippen molar-refractivity contribution in [1.82, 2.24) is 5.32 Å². The van der Waals surface area contributed by atoms with Crippen molar-refractivity contribution in [3.8, 4) is 0 Å². The summed E-state index contributed by atoms with van der Waals surface area (Å²) in [6, 6.07) is 13.7. The van der Waals surface area contributed by atoms with Crippen LogP contribution in [0, 0.1) is 0 Å². The third-order valence-electron chi connectivity index (χ3n) is 6.96. The van der Waals surface area contributed by atoms with Crippen LogP contribution in [0.1, 0.15) is 44.1 Å². The minimum absolute atomic E-state index is 0.137. The minimum Gasteiger partial charge on any atom is -0.381 e. The predicted octanol–water partition coefficient (Wildman–Crippen LogP) is 4.94. The van der Waals surface area contributed by atoms with Crippen LogP contribution in [0.4, 0.5) is 0 Å². The molecule has 1 aliphatic carbocycles. The predicted molar refractivity (Wildman–Crippen MR) is 126 cm³/mol. The molecule has 2 aromatic rings. The minimum atomic E-state index is -3.87. The number of ether oxygens (including phenoxy) is 1. The molecule has 0 radical (unpaired) electrons. The van der Waals surface area contributed by atoms with Crippen molar-refractivity contribution < 1.29 is 17.9 Å². The van der Waals surface area contributed by atoms with E-state index in [1.54, 1.807) is 12.1 Å². The SMILES string of the molecule is O=C(NCC1(c2ccc(Cl)cc2)CCOCC1)C1(S(=O)(=O)c2ccc(Cl)cc2)CCCC1. The summed E-state index contributed by atoms with van der Waals surface area (Å²) in [4.78, 5) is 13.7. The molecule has 0 spiro atoms. The number of hydrogen-bond acceptors (Lipinski definition) is 4. The molecular weight excluding hydrogens is 469 g/mol. The Bertz CT molecular complexity index is 1060. The Morgan fingerprint density at radius 3 is 1.97 bits per heavy atom. The van der Waals surface area contributed by atoms with Gasteiger partial charge in [0.15, 0.2) is 14.6 Å². The fraction of sp³-hybridized carbons (Fsp3) is 0.458. The Morgan fingerprint density at radius 2 is 1.41 bits per heavy atom. The lowest BCUT2D eigenvalue weighted by Crippen LogP contribution is -2.54. The molecule has 0 bridgehead atoms. The Balaban J connectivity index is 1.61. The van der Waals surface area contributed by atoms with E-state index in [0.717, 1.165) is 18.4 Å². The standard InChI is InChI=1S/C24H27Cl2NO4S/c25-19-5-3-18(4-6-19)23(13-15-31-16-14-23)17-27-22(28)24(11-1-2-12-24)32(29,30)21-9-7-20(26)8-10-21/h3-10H,1-2,11-17H2,(H,27,28). The van der Waals surface area contributed by atoms with Gasteiger partial charge in [0.05, 0.1) is 4.90 Å². The fourth-order valence-corrected chi connectivity index (χ4v) is 7.29. The van der Waals surface area contributed by atoms with E-state index in [-0.39, 0.29) is 10.3 Å². The monoisotopic (exact) mass is 495 g/mol. The molecular formula is C24H27Cl2NO4S. The van der Waals surface area contributed by atoms with Crippen LogP contribution in [-0.4, -0.2) is 38.8 Å². The van der Waals surface area contributed by atoms with Gasteiger partial charge in [-0.25, -0.2) is 8.42 Å². The number of rotatable bonds is 6. The second-order valence-electron chi connectivity index (χ2n) is 8.74. The smallest absolute Gasteiger partial charge is 0.241 e. The quantitative estimate of drug-likeness (QED) is 0.615. The lowest BCUT2D eigenvalue weighted by atomic mass is 9.74. The van der Waals surface area contributed by atoms with E-state index >= 15 is 0 Å². The third-order valence-corrected chi connectivity index (χ3v) is 9.98. The highest BCUT2D eigenvalue weighted by atomic mass is 35.5. The second kappa shape index (κ2) is 9.34. The van der Waals surface area contributed by atoms with E-state index in [9.17, 15) is 13.2 Å². The topological polar surface area (TPSA) is 72.5 Å². The van der Waals surface area contributed by atoms with Gasteiger partial charge >= 0.3 is 0 Å². The van der Waals surface area contributed by atoms with Gasteiger partial charge < -0.3 is 10.1 Å². The van der Waals surface area contributed by atoms with Gasteiger partial charge in [-0.2, -0.15) is 0 Å². The van der Waals surface area contributed by atoms with E-state index in [1.165, 1.54) is 12.1 Å². The first-order chi connectivity index (χ1) is 15.3. The summed E-state index contributed by atoms with van der Waals surface area (Å²) in [6.45, 7) is 1.54. The van der Waals surface area contributed by atoms with E-state index in [1.807, 2.05) is 24.3 Å². The number of benzene rings is 2. The summed E-state index contributed by atoms with van der Waals surface area (Å²) in [6.07, 6.45) is 3.53. The Labute approximate surface area is 199 Å². The molecule has 1 saturated heterocycles. The van der Waals surface area contributed by atoms with Crippen molar-refractivity contribution in [3.63, 3.8) is 0 Å². The van der Waals surface area contributed by atoms with Crippen LogP contribution < -0.4 is 5.32 Å². The number of nitrogens with one attached hydrogen (secondary N) is 1. The number of carbonyl (C=O) groups is 1. The van der Waals surface area contributed by atoms with E-state index in [2.05, 4.69) is 5.32 Å². The van der Waals surface area contributed by atoms with Crippen molar-refractivity contribution in [1.29, 1.82) is 0 Å². The summed E-state index contributed by atoms with van der Waals surface area (Å²) < 4.78 is 31.3. The van der Waals surface area contributed by atoms with Crippen LogP contribution in [0.15, 0.2) is 53.4 Å². The molecule has 2 aromatic carbocycles. The molecule has 1 amide bonds. The van der Waals surface area contributed by atoms with Crippen molar-refractivity contribution >= 4 is 38.9 Å². The average Bonchev–Trinajstić information content (AvgIpc) is 3.31. The van der Waals surface area contributed by atoms with E-state index in [4.69, 9.17) is 27.9 Å². The zero-order valence-corrected chi connectivity index (χ0v) is 20.1. The highest BCUT2D eigenvalue weighted by Gasteiger charge is 2.53. The zero-order chi connectivity index (χ0) is 22.8. The molecule has 1 heterocycles. The van der Waals surface area contributed by atoms with Crippen molar-refractivity contribution in [2.45, 2.75) is 53.6 Å². The number of sulfone groups is 1. The summed E-state index contributed by atoms with van der Waals surface area (Å²) in [5.74, 6) is -0.412. The first-order valence-electron chi connectivity index (χ1n) is 10.9. The van der Waals surface area contributed by atoms with Crippen molar-refractivity contribution in [3.05, 3.63) is 64.1 Å².